The van der Waals surface area contributed by atoms with Crippen LogP contribution < -0.4 is 10.2 Å². The van der Waals surface area contributed by atoms with Gasteiger partial charge < -0.3 is 14.8 Å². The number of anilines is 1. The molecule has 3 rings (SSSR count). The van der Waals surface area contributed by atoms with Crippen LogP contribution >= 0.6 is 0 Å². The number of hydrogen-bond acceptors (Lipinski definition) is 3. The summed E-state index contributed by atoms with van der Waals surface area (Å²) < 4.78 is 2.46. The summed E-state index contributed by atoms with van der Waals surface area (Å²) in [5, 5.41) is 3.45. The third-order valence-corrected chi connectivity index (χ3v) is 4.74. The number of imidazole rings is 1. The van der Waals surface area contributed by atoms with Gasteiger partial charge in [-0.15, -0.1) is 0 Å². The highest BCUT2D eigenvalue weighted by Crippen LogP contribution is 2.33. The summed E-state index contributed by atoms with van der Waals surface area (Å²) in [6.07, 6.45) is 9.95. The van der Waals surface area contributed by atoms with Crippen molar-refractivity contribution in [3.63, 3.8) is 0 Å². The molecule has 1 unspecified atom stereocenters. The minimum atomic E-state index is 0.604. The normalized spacial score (nSPS) is 24.2. The lowest BCUT2D eigenvalue weighted by Gasteiger charge is -2.27. The van der Waals surface area contributed by atoms with E-state index in [1.165, 1.54) is 43.7 Å². The van der Waals surface area contributed by atoms with Gasteiger partial charge in [0.25, 0.3) is 0 Å². The number of rotatable bonds is 4. The fourth-order valence-electron chi connectivity index (χ4n) is 3.45. The number of aromatic nitrogens is 2. The van der Waals surface area contributed by atoms with Crippen molar-refractivity contribution >= 4 is 5.95 Å². The number of nitrogens with one attached hydrogen (secondary N) is 1. The monoisotopic (exact) mass is 262 g/mol. The molecule has 1 saturated heterocycles. The van der Waals surface area contributed by atoms with Crippen molar-refractivity contribution in [1.82, 2.24) is 14.9 Å². The molecule has 2 aliphatic rings. The highest BCUT2D eigenvalue weighted by molar-refractivity contribution is 5.35. The van der Waals surface area contributed by atoms with Crippen LogP contribution in [0, 0.1) is 0 Å². The number of aryl methyl sites for hydroxylation is 1. The van der Waals surface area contributed by atoms with Crippen LogP contribution in [0.3, 0.4) is 0 Å². The molecule has 2 heterocycles. The fraction of sp³-hybridized carbons (Fsp3) is 0.800. The van der Waals surface area contributed by atoms with Crippen LogP contribution in [0.5, 0.6) is 0 Å². The van der Waals surface area contributed by atoms with Gasteiger partial charge in [-0.25, -0.2) is 4.98 Å². The number of likely N-dealkylation sites (N-methyl/N-ethyl adjacent to an activating group) is 1. The summed E-state index contributed by atoms with van der Waals surface area (Å²) in [6.45, 7) is 4.43. The first-order valence-corrected chi connectivity index (χ1v) is 7.81. The van der Waals surface area contributed by atoms with E-state index in [2.05, 4.69) is 35.0 Å². The van der Waals surface area contributed by atoms with Crippen molar-refractivity contribution in [2.45, 2.75) is 57.5 Å². The first-order chi connectivity index (χ1) is 9.29. The van der Waals surface area contributed by atoms with Gasteiger partial charge >= 0.3 is 0 Å². The first-order valence-electron chi connectivity index (χ1n) is 7.81. The van der Waals surface area contributed by atoms with Gasteiger partial charge in [-0.1, -0.05) is 19.8 Å². The van der Waals surface area contributed by atoms with E-state index in [-0.39, 0.29) is 0 Å². The first kappa shape index (κ1) is 13.0. The Bertz CT molecular complexity index is 414. The van der Waals surface area contributed by atoms with E-state index in [0.717, 1.165) is 19.5 Å². The van der Waals surface area contributed by atoms with Crippen LogP contribution in [-0.2, 0) is 6.42 Å². The highest BCUT2D eigenvalue weighted by atomic mass is 15.3. The lowest BCUT2D eigenvalue weighted by Crippen LogP contribution is -2.35. The molecule has 106 valence electrons. The molecule has 2 fully saturated rings. The second-order valence-electron chi connectivity index (χ2n) is 5.99. The average Bonchev–Trinajstić information content (AvgIpc) is 3.16. The predicted molar refractivity (Wildman–Crippen MR) is 78.8 cm³/mol. The molecule has 19 heavy (non-hydrogen) atoms. The van der Waals surface area contributed by atoms with Crippen LogP contribution in [0.15, 0.2) is 6.20 Å². The van der Waals surface area contributed by atoms with Gasteiger partial charge in [-0.2, -0.15) is 0 Å². The summed E-state index contributed by atoms with van der Waals surface area (Å²) in [7, 11) is 2.21. The van der Waals surface area contributed by atoms with E-state index in [0.29, 0.717) is 12.1 Å². The summed E-state index contributed by atoms with van der Waals surface area (Å²) in [5.41, 5.74) is 1.24. The molecule has 1 atom stereocenters. The zero-order valence-corrected chi connectivity index (χ0v) is 12.2. The molecule has 1 saturated carbocycles. The van der Waals surface area contributed by atoms with Crippen molar-refractivity contribution in [1.29, 1.82) is 0 Å². The maximum Gasteiger partial charge on any atom is 0.206 e. The summed E-state index contributed by atoms with van der Waals surface area (Å²) in [6, 6.07) is 1.28. The Morgan fingerprint density at radius 3 is 2.79 bits per heavy atom. The van der Waals surface area contributed by atoms with Crippen molar-refractivity contribution in [3.8, 4) is 0 Å². The van der Waals surface area contributed by atoms with Gasteiger partial charge in [0.05, 0.1) is 5.69 Å². The molecule has 0 radical (unpaired) electrons. The van der Waals surface area contributed by atoms with Gasteiger partial charge in [0.2, 0.25) is 5.95 Å². The molecule has 1 aromatic heterocycles. The Balaban J connectivity index is 1.87. The van der Waals surface area contributed by atoms with Crippen LogP contribution in [0.25, 0.3) is 0 Å². The van der Waals surface area contributed by atoms with Crippen molar-refractivity contribution in [3.05, 3.63) is 11.9 Å². The second-order valence-corrected chi connectivity index (χ2v) is 5.99. The minimum Gasteiger partial charge on any atom is -0.341 e. The maximum atomic E-state index is 4.88. The molecule has 1 N–H and O–H groups in total. The zero-order chi connectivity index (χ0) is 13.2. The minimum absolute atomic E-state index is 0.604. The molecule has 0 aromatic carbocycles. The topological polar surface area (TPSA) is 33.1 Å². The molecule has 1 aromatic rings. The smallest absolute Gasteiger partial charge is 0.206 e. The van der Waals surface area contributed by atoms with Gasteiger partial charge in [0.15, 0.2) is 0 Å². The van der Waals surface area contributed by atoms with Crippen LogP contribution in [0.4, 0.5) is 5.95 Å². The summed E-state index contributed by atoms with van der Waals surface area (Å²) >= 11 is 0. The average molecular weight is 262 g/mol. The van der Waals surface area contributed by atoms with Gasteiger partial charge in [-0.05, 0) is 32.2 Å². The van der Waals surface area contributed by atoms with E-state index < -0.39 is 0 Å². The van der Waals surface area contributed by atoms with Crippen molar-refractivity contribution in [2.75, 3.05) is 25.0 Å². The number of nitrogens with zero attached hydrogens (tertiary/aromatic N) is 3. The molecule has 4 heteroatoms. The van der Waals surface area contributed by atoms with Gasteiger partial charge in [0.1, 0.15) is 0 Å². The second kappa shape index (κ2) is 5.53. The molecular weight excluding hydrogens is 236 g/mol. The highest BCUT2D eigenvalue weighted by Gasteiger charge is 2.26. The molecule has 4 nitrogen and oxygen atoms in total. The van der Waals surface area contributed by atoms with Gasteiger partial charge in [-0.3, -0.25) is 0 Å². The van der Waals surface area contributed by atoms with Crippen molar-refractivity contribution in [2.24, 2.45) is 0 Å². The van der Waals surface area contributed by atoms with Crippen LogP contribution in [0.2, 0.25) is 0 Å². The Hall–Kier alpha value is -1.03. The molecular formula is C15H26N4. The van der Waals surface area contributed by atoms with E-state index in [9.17, 15) is 0 Å². The van der Waals surface area contributed by atoms with E-state index in [1.54, 1.807) is 0 Å². The largest absolute Gasteiger partial charge is 0.341 e. The number of hydrogen-bond donors (Lipinski definition) is 1. The van der Waals surface area contributed by atoms with E-state index in [1.807, 2.05) is 0 Å². The van der Waals surface area contributed by atoms with Crippen molar-refractivity contribution < 1.29 is 0 Å². The maximum absolute atomic E-state index is 4.88. The Kier molecular flexibility index (Phi) is 3.78. The zero-order valence-electron chi connectivity index (χ0n) is 12.2. The third-order valence-electron chi connectivity index (χ3n) is 4.74. The molecule has 0 amide bonds. The standard InChI is InChI=1S/C15H26N4/c1-3-12-11-19(13-6-4-5-7-13)15(17-12)18(2)14-8-9-16-10-14/h11,13-14,16H,3-10H2,1-2H3. The quantitative estimate of drug-likeness (QED) is 0.904. The fourth-order valence-corrected chi connectivity index (χ4v) is 3.45. The Morgan fingerprint density at radius 1 is 1.37 bits per heavy atom. The summed E-state index contributed by atoms with van der Waals surface area (Å²) in [5.74, 6) is 1.19. The van der Waals surface area contributed by atoms with E-state index in [4.69, 9.17) is 4.98 Å². The summed E-state index contributed by atoms with van der Waals surface area (Å²) in [4.78, 5) is 7.28. The lowest BCUT2D eigenvalue weighted by molar-refractivity contribution is 0.507. The molecule has 1 aliphatic heterocycles. The van der Waals surface area contributed by atoms with Gasteiger partial charge in [0, 0.05) is 31.9 Å². The molecule has 0 bridgehead atoms. The van der Waals surface area contributed by atoms with E-state index >= 15 is 0 Å². The predicted octanol–water partition coefficient (Wildman–Crippen LogP) is 2.36. The third kappa shape index (κ3) is 2.50. The SMILES string of the molecule is CCc1cn(C2CCCC2)c(N(C)C2CCNC2)n1. The lowest BCUT2D eigenvalue weighted by atomic mass is 10.2. The van der Waals surface area contributed by atoms with Crippen LogP contribution in [0.1, 0.15) is 50.8 Å². The molecule has 1 aliphatic carbocycles. The molecule has 0 spiro atoms. The van der Waals surface area contributed by atoms with Crippen LogP contribution in [-0.4, -0.2) is 35.7 Å². The Morgan fingerprint density at radius 2 is 2.16 bits per heavy atom. The Labute approximate surface area is 116 Å².